The fourth-order valence-electron chi connectivity index (χ4n) is 5.32. The lowest BCUT2D eigenvalue weighted by molar-refractivity contribution is -0.131. The summed E-state index contributed by atoms with van der Waals surface area (Å²) < 4.78 is 6.06. The summed E-state index contributed by atoms with van der Waals surface area (Å²) in [6, 6.07) is 8.90. The topological polar surface area (TPSA) is 64.3 Å². The maximum absolute atomic E-state index is 13.0. The largest absolute Gasteiger partial charge is 0.371 e. The molecule has 4 atom stereocenters. The van der Waals surface area contributed by atoms with Crippen LogP contribution in [0.1, 0.15) is 62.2 Å². The minimum Gasteiger partial charge on any atom is -0.371 e. The molecule has 2 aliphatic carbocycles. The molecule has 1 heterocycles. The molecular weight excluding hydrogens is 360 g/mol. The Hall–Kier alpha value is -1.10. The van der Waals surface area contributed by atoms with Gasteiger partial charge in [-0.15, -0.1) is 12.4 Å². The number of fused-ring (bicyclic) bond motifs is 2. The van der Waals surface area contributed by atoms with E-state index in [-0.39, 0.29) is 36.4 Å². The van der Waals surface area contributed by atoms with Gasteiger partial charge in [-0.1, -0.05) is 36.2 Å². The molecule has 1 amide bonds. The van der Waals surface area contributed by atoms with E-state index in [9.17, 15) is 4.79 Å². The SMILES string of the molecule is Cc1ccc(C2OCCCC2NC(=O)C2CC3CCCC(C2)C3N)cc1.Cl. The standard InChI is InChI=1S/C22H32N2O2.ClH/c1-14-7-9-15(10-8-14)21-19(6-3-11-26-21)24-22(25)18-12-16-4-2-5-17(13-18)20(16)23;/h7-10,16-21H,2-6,11-13,23H2,1H3,(H,24,25);1H. The number of halogens is 1. The summed E-state index contributed by atoms with van der Waals surface area (Å²) in [5.74, 6) is 1.43. The fraction of sp³-hybridized carbons (Fsp3) is 0.682. The number of aryl methyl sites for hydroxylation is 1. The van der Waals surface area contributed by atoms with Crippen LogP contribution in [0.3, 0.4) is 0 Å². The smallest absolute Gasteiger partial charge is 0.223 e. The molecule has 27 heavy (non-hydrogen) atoms. The molecular formula is C22H33ClN2O2. The first-order valence-corrected chi connectivity index (χ1v) is 10.4. The van der Waals surface area contributed by atoms with Crippen LogP contribution in [0.25, 0.3) is 0 Å². The highest BCUT2D eigenvalue weighted by Crippen LogP contribution is 2.42. The summed E-state index contributed by atoms with van der Waals surface area (Å²) in [7, 11) is 0. The summed E-state index contributed by atoms with van der Waals surface area (Å²) in [5, 5.41) is 3.35. The molecule has 3 N–H and O–H groups in total. The molecule has 4 nitrogen and oxygen atoms in total. The predicted molar refractivity (Wildman–Crippen MR) is 110 cm³/mol. The lowest BCUT2D eigenvalue weighted by Crippen LogP contribution is -2.51. The first-order valence-electron chi connectivity index (χ1n) is 10.4. The quantitative estimate of drug-likeness (QED) is 0.819. The first-order chi connectivity index (χ1) is 12.6. The van der Waals surface area contributed by atoms with Crippen molar-refractivity contribution in [2.45, 2.75) is 70.1 Å². The van der Waals surface area contributed by atoms with Crippen LogP contribution in [0.5, 0.6) is 0 Å². The molecule has 5 heteroatoms. The van der Waals surface area contributed by atoms with Gasteiger partial charge in [-0.3, -0.25) is 4.79 Å². The van der Waals surface area contributed by atoms with Crippen LogP contribution in [0.15, 0.2) is 24.3 Å². The van der Waals surface area contributed by atoms with Crippen LogP contribution in [0.4, 0.5) is 0 Å². The van der Waals surface area contributed by atoms with Gasteiger partial charge in [0.25, 0.3) is 0 Å². The van der Waals surface area contributed by atoms with E-state index in [1.165, 1.54) is 30.4 Å². The molecule has 3 aliphatic rings. The number of nitrogens with two attached hydrogens (primary N) is 1. The van der Waals surface area contributed by atoms with Crippen LogP contribution in [0.2, 0.25) is 0 Å². The van der Waals surface area contributed by atoms with Crippen molar-refractivity contribution >= 4 is 18.3 Å². The van der Waals surface area contributed by atoms with E-state index < -0.39 is 0 Å². The second-order valence-corrected chi connectivity index (χ2v) is 8.66. The predicted octanol–water partition coefficient (Wildman–Crippen LogP) is 3.91. The van der Waals surface area contributed by atoms with Crippen molar-refractivity contribution in [2.75, 3.05) is 6.61 Å². The van der Waals surface area contributed by atoms with Gasteiger partial charge in [0, 0.05) is 18.6 Å². The molecule has 4 unspecified atom stereocenters. The molecule has 1 aliphatic heterocycles. The van der Waals surface area contributed by atoms with Crippen molar-refractivity contribution in [2.24, 2.45) is 23.5 Å². The molecule has 0 aromatic heterocycles. The molecule has 2 bridgehead atoms. The average molecular weight is 393 g/mol. The molecule has 3 fully saturated rings. The van der Waals surface area contributed by atoms with E-state index >= 15 is 0 Å². The van der Waals surface area contributed by atoms with Crippen molar-refractivity contribution in [3.8, 4) is 0 Å². The molecule has 0 spiro atoms. The number of carbonyl (C=O) groups is 1. The molecule has 2 saturated carbocycles. The Kier molecular flexibility index (Phi) is 6.83. The van der Waals surface area contributed by atoms with Crippen molar-refractivity contribution in [1.29, 1.82) is 0 Å². The summed E-state index contributed by atoms with van der Waals surface area (Å²) in [6.07, 6.45) is 7.57. The van der Waals surface area contributed by atoms with Crippen LogP contribution >= 0.6 is 12.4 Å². The van der Waals surface area contributed by atoms with Gasteiger partial charge >= 0.3 is 0 Å². The van der Waals surface area contributed by atoms with Crippen LogP contribution < -0.4 is 11.1 Å². The summed E-state index contributed by atoms with van der Waals surface area (Å²) in [6.45, 7) is 2.86. The Bertz CT molecular complexity index is 622. The third-order valence-electron chi connectivity index (χ3n) is 6.84. The van der Waals surface area contributed by atoms with Gasteiger partial charge in [0.05, 0.1) is 6.04 Å². The molecule has 150 valence electrons. The van der Waals surface area contributed by atoms with Crippen molar-refractivity contribution in [1.82, 2.24) is 5.32 Å². The summed E-state index contributed by atoms with van der Waals surface area (Å²) in [5.41, 5.74) is 8.80. The second-order valence-electron chi connectivity index (χ2n) is 8.66. The highest BCUT2D eigenvalue weighted by atomic mass is 35.5. The third kappa shape index (κ3) is 4.49. The lowest BCUT2D eigenvalue weighted by atomic mass is 9.65. The molecule has 1 aromatic rings. The Labute approximate surface area is 169 Å². The summed E-state index contributed by atoms with van der Waals surface area (Å²) >= 11 is 0. The number of carbonyl (C=O) groups excluding carboxylic acids is 1. The van der Waals surface area contributed by atoms with Gasteiger partial charge < -0.3 is 15.8 Å². The van der Waals surface area contributed by atoms with Crippen molar-refractivity contribution in [3.05, 3.63) is 35.4 Å². The minimum atomic E-state index is -0.0290. The minimum absolute atomic E-state index is 0. The van der Waals surface area contributed by atoms with Crippen LogP contribution in [-0.2, 0) is 9.53 Å². The molecule has 1 aromatic carbocycles. The number of nitrogens with one attached hydrogen (secondary N) is 1. The number of amides is 1. The van der Waals surface area contributed by atoms with Crippen LogP contribution in [-0.4, -0.2) is 24.6 Å². The number of hydrogen-bond donors (Lipinski definition) is 2. The second kappa shape index (κ2) is 8.93. The van der Waals surface area contributed by atoms with Gasteiger partial charge in [-0.05, 0) is 62.8 Å². The van der Waals surface area contributed by atoms with E-state index in [4.69, 9.17) is 10.5 Å². The zero-order chi connectivity index (χ0) is 18.1. The van der Waals surface area contributed by atoms with E-state index in [0.717, 1.165) is 32.3 Å². The van der Waals surface area contributed by atoms with Gasteiger partial charge in [-0.2, -0.15) is 0 Å². The highest BCUT2D eigenvalue weighted by molar-refractivity contribution is 5.85. The van der Waals surface area contributed by atoms with Crippen molar-refractivity contribution in [3.63, 3.8) is 0 Å². The Morgan fingerprint density at radius 1 is 1.07 bits per heavy atom. The molecule has 4 rings (SSSR count). The van der Waals surface area contributed by atoms with Crippen LogP contribution in [0, 0.1) is 24.7 Å². The molecule has 1 saturated heterocycles. The number of hydrogen-bond acceptors (Lipinski definition) is 3. The Morgan fingerprint density at radius 3 is 2.41 bits per heavy atom. The Balaban J connectivity index is 0.00000210. The normalized spacial score (nSPS) is 35.8. The number of ether oxygens (including phenoxy) is 1. The maximum atomic E-state index is 13.0. The monoisotopic (exact) mass is 392 g/mol. The summed E-state index contributed by atoms with van der Waals surface area (Å²) in [4.78, 5) is 13.0. The number of rotatable bonds is 3. The first kappa shape index (κ1) is 20.6. The Morgan fingerprint density at radius 2 is 1.74 bits per heavy atom. The molecule has 0 radical (unpaired) electrons. The van der Waals surface area contributed by atoms with E-state index in [0.29, 0.717) is 17.9 Å². The van der Waals surface area contributed by atoms with E-state index in [1.54, 1.807) is 0 Å². The zero-order valence-corrected chi connectivity index (χ0v) is 17.0. The maximum Gasteiger partial charge on any atom is 0.223 e. The number of benzene rings is 1. The highest BCUT2D eigenvalue weighted by Gasteiger charge is 2.41. The van der Waals surface area contributed by atoms with E-state index in [2.05, 4.69) is 36.5 Å². The van der Waals surface area contributed by atoms with E-state index in [1.807, 2.05) is 0 Å². The van der Waals surface area contributed by atoms with Gasteiger partial charge in [0.15, 0.2) is 0 Å². The lowest BCUT2D eigenvalue weighted by Gasteiger charge is -2.44. The zero-order valence-electron chi connectivity index (χ0n) is 16.2. The van der Waals surface area contributed by atoms with Crippen molar-refractivity contribution < 1.29 is 9.53 Å². The third-order valence-corrected chi connectivity index (χ3v) is 6.84. The average Bonchev–Trinajstić information content (AvgIpc) is 2.63. The fourth-order valence-corrected chi connectivity index (χ4v) is 5.32. The van der Waals surface area contributed by atoms with Gasteiger partial charge in [0.1, 0.15) is 6.10 Å². The van der Waals surface area contributed by atoms with Gasteiger partial charge in [-0.25, -0.2) is 0 Å². The van der Waals surface area contributed by atoms with Gasteiger partial charge in [0.2, 0.25) is 5.91 Å².